The lowest BCUT2D eigenvalue weighted by Gasteiger charge is -2.35. The lowest BCUT2D eigenvalue weighted by molar-refractivity contribution is 0.0980. The van der Waals surface area contributed by atoms with Crippen LogP contribution in [-0.4, -0.2) is 43.4 Å². The maximum absolute atomic E-state index is 13.6. The fraction of sp³-hybridized carbons (Fsp3) is 0.267. The fourth-order valence-electron chi connectivity index (χ4n) is 2.42. The standard InChI is InChI=1S/C15H15FN4O2/c1-19-7-8-20(13-9-10(16)3-5-12(13)19)15(21)11-4-6-14(22-2)18-17-11/h3-6,9H,7-8H2,1-2H3. The van der Waals surface area contributed by atoms with E-state index in [2.05, 4.69) is 10.2 Å². The topological polar surface area (TPSA) is 58.6 Å². The number of aromatic nitrogens is 2. The third kappa shape index (κ3) is 2.45. The highest BCUT2D eigenvalue weighted by Gasteiger charge is 2.27. The molecule has 0 atom stereocenters. The first-order valence-electron chi connectivity index (χ1n) is 6.80. The molecular formula is C15H15FN4O2. The van der Waals surface area contributed by atoms with Crippen molar-refractivity contribution >= 4 is 17.3 Å². The molecule has 3 rings (SSSR count). The molecule has 0 saturated carbocycles. The Labute approximate surface area is 127 Å². The van der Waals surface area contributed by atoms with Crippen LogP contribution in [0.5, 0.6) is 5.88 Å². The zero-order valence-corrected chi connectivity index (χ0v) is 12.3. The SMILES string of the molecule is COc1ccc(C(=O)N2CCN(C)c3ccc(F)cc32)nn1. The van der Waals surface area contributed by atoms with E-state index in [0.717, 1.165) is 5.69 Å². The number of ether oxygens (including phenoxy) is 1. The summed E-state index contributed by atoms with van der Waals surface area (Å²) in [6.07, 6.45) is 0. The average molecular weight is 302 g/mol. The second-order valence-corrected chi connectivity index (χ2v) is 4.97. The Morgan fingerprint density at radius 3 is 2.68 bits per heavy atom. The van der Waals surface area contributed by atoms with Crippen LogP contribution in [0.3, 0.4) is 0 Å². The first kappa shape index (κ1) is 14.2. The van der Waals surface area contributed by atoms with Crippen molar-refractivity contribution in [3.05, 3.63) is 41.8 Å². The summed E-state index contributed by atoms with van der Waals surface area (Å²) < 4.78 is 18.5. The van der Waals surface area contributed by atoms with Crippen LogP contribution in [-0.2, 0) is 0 Å². The first-order chi connectivity index (χ1) is 10.6. The second kappa shape index (κ2) is 5.59. The Morgan fingerprint density at radius 2 is 2.00 bits per heavy atom. The van der Waals surface area contributed by atoms with E-state index in [9.17, 15) is 9.18 Å². The molecule has 1 aliphatic heterocycles. The fourth-order valence-corrected chi connectivity index (χ4v) is 2.42. The molecule has 0 radical (unpaired) electrons. The van der Waals surface area contributed by atoms with Crippen LogP contribution in [0.2, 0.25) is 0 Å². The quantitative estimate of drug-likeness (QED) is 0.845. The largest absolute Gasteiger partial charge is 0.480 e. The molecule has 7 heteroatoms. The number of carbonyl (C=O) groups excluding carboxylic acids is 1. The lowest BCUT2D eigenvalue weighted by atomic mass is 10.1. The van der Waals surface area contributed by atoms with Gasteiger partial charge in [-0.2, -0.15) is 0 Å². The molecule has 2 heterocycles. The van der Waals surface area contributed by atoms with Gasteiger partial charge in [-0.05, 0) is 24.3 Å². The average Bonchev–Trinajstić information content (AvgIpc) is 2.54. The molecule has 0 saturated heterocycles. The second-order valence-electron chi connectivity index (χ2n) is 4.97. The van der Waals surface area contributed by atoms with Crippen LogP contribution < -0.4 is 14.5 Å². The number of nitrogens with zero attached hydrogens (tertiary/aromatic N) is 4. The molecule has 0 aliphatic carbocycles. The van der Waals surface area contributed by atoms with Gasteiger partial charge < -0.3 is 14.5 Å². The van der Waals surface area contributed by atoms with E-state index in [1.54, 1.807) is 18.2 Å². The van der Waals surface area contributed by atoms with Gasteiger partial charge in [-0.1, -0.05) is 0 Å². The number of fused-ring (bicyclic) bond motifs is 1. The molecule has 1 aliphatic rings. The molecule has 114 valence electrons. The number of carbonyl (C=O) groups is 1. The Kier molecular flexibility index (Phi) is 3.62. The van der Waals surface area contributed by atoms with E-state index in [4.69, 9.17) is 4.74 Å². The normalized spacial score (nSPS) is 13.8. The summed E-state index contributed by atoms with van der Waals surface area (Å²) in [6, 6.07) is 7.54. The molecule has 0 unspecified atom stereocenters. The summed E-state index contributed by atoms with van der Waals surface area (Å²) in [4.78, 5) is 16.1. The molecule has 2 aromatic rings. The summed E-state index contributed by atoms with van der Waals surface area (Å²) >= 11 is 0. The van der Waals surface area contributed by atoms with E-state index < -0.39 is 0 Å². The number of hydrogen-bond acceptors (Lipinski definition) is 5. The number of likely N-dealkylation sites (N-methyl/N-ethyl adjacent to an activating group) is 1. The van der Waals surface area contributed by atoms with Crippen molar-refractivity contribution in [2.75, 3.05) is 37.0 Å². The van der Waals surface area contributed by atoms with Crippen LogP contribution in [0.15, 0.2) is 30.3 Å². The minimum Gasteiger partial charge on any atom is -0.480 e. The van der Waals surface area contributed by atoms with Crippen LogP contribution in [0.4, 0.5) is 15.8 Å². The predicted molar refractivity (Wildman–Crippen MR) is 79.9 cm³/mol. The highest BCUT2D eigenvalue weighted by Crippen LogP contribution is 2.33. The Balaban J connectivity index is 1.96. The predicted octanol–water partition coefficient (Wildman–Crippen LogP) is 1.72. The number of hydrogen-bond donors (Lipinski definition) is 0. The Morgan fingerprint density at radius 1 is 1.18 bits per heavy atom. The molecule has 1 amide bonds. The van der Waals surface area contributed by atoms with Gasteiger partial charge in [-0.25, -0.2) is 4.39 Å². The number of methoxy groups -OCH3 is 1. The maximum Gasteiger partial charge on any atom is 0.278 e. The summed E-state index contributed by atoms with van der Waals surface area (Å²) in [7, 11) is 3.39. The number of amides is 1. The van der Waals surface area contributed by atoms with Crippen molar-refractivity contribution in [3.8, 4) is 5.88 Å². The van der Waals surface area contributed by atoms with Crippen molar-refractivity contribution in [1.82, 2.24) is 10.2 Å². The highest BCUT2D eigenvalue weighted by molar-refractivity contribution is 6.07. The van der Waals surface area contributed by atoms with Crippen molar-refractivity contribution in [2.24, 2.45) is 0 Å². The third-order valence-corrected chi connectivity index (χ3v) is 3.61. The third-order valence-electron chi connectivity index (χ3n) is 3.61. The van der Waals surface area contributed by atoms with Crippen LogP contribution in [0, 0.1) is 5.82 Å². The number of halogens is 1. The Hall–Kier alpha value is -2.70. The van der Waals surface area contributed by atoms with Gasteiger partial charge in [-0.15, -0.1) is 10.2 Å². The monoisotopic (exact) mass is 302 g/mol. The van der Waals surface area contributed by atoms with Gasteiger partial charge in [0.15, 0.2) is 5.69 Å². The molecule has 0 N–H and O–H groups in total. The smallest absolute Gasteiger partial charge is 0.278 e. The minimum atomic E-state index is -0.382. The summed E-state index contributed by atoms with van der Waals surface area (Å²) in [5.74, 6) is -0.357. The summed E-state index contributed by atoms with van der Waals surface area (Å²) in [6.45, 7) is 1.12. The molecule has 1 aromatic heterocycles. The van der Waals surface area contributed by atoms with Crippen LogP contribution >= 0.6 is 0 Å². The summed E-state index contributed by atoms with van der Waals surface area (Å²) in [5, 5.41) is 7.66. The highest BCUT2D eigenvalue weighted by atomic mass is 19.1. The number of rotatable bonds is 2. The van der Waals surface area contributed by atoms with Gasteiger partial charge >= 0.3 is 0 Å². The Bertz CT molecular complexity index is 705. The van der Waals surface area contributed by atoms with Gasteiger partial charge in [0.25, 0.3) is 5.91 Å². The molecule has 0 bridgehead atoms. The van der Waals surface area contributed by atoms with Crippen LogP contribution in [0.1, 0.15) is 10.5 Å². The maximum atomic E-state index is 13.6. The molecule has 0 spiro atoms. The molecule has 6 nitrogen and oxygen atoms in total. The van der Waals surface area contributed by atoms with Gasteiger partial charge in [0.2, 0.25) is 5.88 Å². The number of anilines is 2. The van der Waals surface area contributed by atoms with Crippen molar-refractivity contribution < 1.29 is 13.9 Å². The van der Waals surface area contributed by atoms with Crippen molar-refractivity contribution in [2.45, 2.75) is 0 Å². The molecular weight excluding hydrogens is 287 g/mol. The van der Waals surface area contributed by atoms with Gasteiger partial charge in [0.1, 0.15) is 5.82 Å². The van der Waals surface area contributed by atoms with E-state index in [1.165, 1.54) is 24.1 Å². The first-order valence-corrected chi connectivity index (χ1v) is 6.80. The van der Waals surface area contributed by atoms with Crippen LogP contribution in [0.25, 0.3) is 0 Å². The molecule has 22 heavy (non-hydrogen) atoms. The molecule has 1 aromatic carbocycles. The van der Waals surface area contributed by atoms with Gasteiger partial charge in [-0.3, -0.25) is 4.79 Å². The molecule has 0 fully saturated rings. The lowest BCUT2D eigenvalue weighted by Crippen LogP contribution is -2.43. The van der Waals surface area contributed by atoms with E-state index in [-0.39, 0.29) is 17.4 Å². The van der Waals surface area contributed by atoms with Crippen molar-refractivity contribution in [1.29, 1.82) is 0 Å². The van der Waals surface area contributed by atoms with E-state index in [1.807, 2.05) is 11.9 Å². The zero-order valence-electron chi connectivity index (χ0n) is 12.3. The van der Waals surface area contributed by atoms with Gasteiger partial charge in [0, 0.05) is 26.2 Å². The van der Waals surface area contributed by atoms with Crippen molar-refractivity contribution in [3.63, 3.8) is 0 Å². The van der Waals surface area contributed by atoms with E-state index in [0.29, 0.717) is 24.7 Å². The minimum absolute atomic E-state index is 0.195. The van der Waals surface area contributed by atoms with Gasteiger partial charge in [0.05, 0.1) is 18.5 Å². The number of benzene rings is 1. The zero-order chi connectivity index (χ0) is 15.7. The van der Waals surface area contributed by atoms with E-state index >= 15 is 0 Å². The summed E-state index contributed by atoms with van der Waals surface area (Å²) in [5.41, 5.74) is 1.54.